The molecule has 172 valence electrons. The van der Waals surface area contributed by atoms with Crippen LogP contribution in [0.5, 0.6) is 0 Å². The highest BCUT2D eigenvalue weighted by molar-refractivity contribution is 5.71. The number of piperidine rings is 1. The molecule has 1 heterocycles. The van der Waals surface area contributed by atoms with Crippen molar-refractivity contribution >= 4 is 12.1 Å². The second kappa shape index (κ2) is 7.78. The van der Waals surface area contributed by atoms with Crippen LogP contribution in [0.3, 0.4) is 0 Å². The molecule has 1 unspecified atom stereocenters. The van der Waals surface area contributed by atoms with E-state index in [-0.39, 0.29) is 29.5 Å². The van der Waals surface area contributed by atoms with E-state index >= 15 is 0 Å². The van der Waals surface area contributed by atoms with E-state index in [0.717, 1.165) is 44.2 Å². The van der Waals surface area contributed by atoms with Crippen molar-refractivity contribution in [2.24, 2.45) is 23.7 Å². The summed E-state index contributed by atoms with van der Waals surface area (Å²) in [5, 5.41) is 0. The van der Waals surface area contributed by atoms with Crippen LogP contribution in [0.1, 0.15) is 74.8 Å². The van der Waals surface area contributed by atoms with Crippen molar-refractivity contribution in [1.29, 1.82) is 0 Å². The number of methoxy groups -OCH3 is 1. The maximum absolute atomic E-state index is 13.1. The largest absolute Gasteiger partial charge is 0.469 e. The van der Waals surface area contributed by atoms with Gasteiger partial charge in [0, 0.05) is 13.1 Å². The Hall–Kier alpha value is -2.04. The lowest BCUT2D eigenvalue weighted by molar-refractivity contribution is -0.141. The molecule has 1 aromatic carbocycles. The number of fused-ring (bicyclic) bond motifs is 2. The Bertz CT molecular complexity index is 875. The lowest BCUT2D eigenvalue weighted by Crippen LogP contribution is -2.52. The summed E-state index contributed by atoms with van der Waals surface area (Å²) in [4.78, 5) is 27.1. The predicted octanol–water partition coefficient (Wildman–Crippen LogP) is 5.03. The van der Waals surface area contributed by atoms with E-state index in [4.69, 9.17) is 9.47 Å². The number of carbonyl (C=O) groups is 2. The Morgan fingerprint density at radius 2 is 1.66 bits per heavy atom. The minimum atomic E-state index is -0.140. The van der Waals surface area contributed by atoms with Gasteiger partial charge in [0.25, 0.3) is 0 Å². The lowest BCUT2D eigenvalue weighted by Gasteiger charge is -2.53. The number of esters is 1. The Kier molecular flexibility index (Phi) is 5.00. The van der Waals surface area contributed by atoms with Gasteiger partial charge in [0.15, 0.2) is 0 Å². The molecule has 1 spiro atoms. The van der Waals surface area contributed by atoms with Crippen molar-refractivity contribution in [3.8, 4) is 0 Å². The molecule has 1 atom stereocenters. The topological polar surface area (TPSA) is 55.8 Å². The summed E-state index contributed by atoms with van der Waals surface area (Å²) >= 11 is 0. The number of likely N-dealkylation sites (tertiary alicyclic amines) is 1. The molecule has 7 rings (SSSR count). The van der Waals surface area contributed by atoms with Crippen LogP contribution < -0.4 is 0 Å². The molecule has 4 saturated carbocycles. The first-order chi connectivity index (χ1) is 15.5. The van der Waals surface area contributed by atoms with Gasteiger partial charge in [0.1, 0.15) is 6.10 Å². The smallest absolute Gasteiger partial charge is 0.410 e. The van der Waals surface area contributed by atoms with Crippen molar-refractivity contribution in [1.82, 2.24) is 4.90 Å². The molecule has 4 bridgehead atoms. The van der Waals surface area contributed by atoms with Crippen molar-refractivity contribution in [2.75, 3.05) is 20.2 Å². The van der Waals surface area contributed by atoms with Crippen molar-refractivity contribution in [3.05, 3.63) is 35.4 Å². The van der Waals surface area contributed by atoms with Crippen LogP contribution in [0.4, 0.5) is 4.79 Å². The minimum Gasteiger partial charge on any atom is -0.469 e. The molecule has 32 heavy (non-hydrogen) atoms. The zero-order valence-electron chi connectivity index (χ0n) is 19.1. The first kappa shape index (κ1) is 20.6. The van der Waals surface area contributed by atoms with Gasteiger partial charge in [-0.15, -0.1) is 0 Å². The fraction of sp³-hybridized carbons (Fsp3) is 0.704. The number of hydrogen-bond acceptors (Lipinski definition) is 4. The third-order valence-corrected chi connectivity index (χ3v) is 9.61. The lowest BCUT2D eigenvalue weighted by atomic mass is 9.55. The normalized spacial score (nSPS) is 36.2. The maximum atomic E-state index is 13.1. The van der Waals surface area contributed by atoms with Gasteiger partial charge >= 0.3 is 12.1 Å². The van der Waals surface area contributed by atoms with E-state index in [1.165, 1.54) is 50.3 Å². The molecule has 1 aliphatic heterocycles. The highest BCUT2D eigenvalue weighted by atomic mass is 16.6. The zero-order valence-corrected chi connectivity index (χ0v) is 19.1. The molecular formula is C27H35NO4. The van der Waals surface area contributed by atoms with Gasteiger partial charge in [0.05, 0.1) is 13.5 Å². The molecule has 6 aliphatic rings. The number of hydrogen-bond donors (Lipinski definition) is 0. The number of rotatable bonds is 3. The van der Waals surface area contributed by atoms with E-state index in [0.29, 0.717) is 18.3 Å². The first-order valence-corrected chi connectivity index (χ1v) is 12.7. The number of amides is 1. The van der Waals surface area contributed by atoms with Crippen molar-refractivity contribution < 1.29 is 19.1 Å². The summed E-state index contributed by atoms with van der Waals surface area (Å²) in [7, 11) is 1.46. The molecule has 5 fully saturated rings. The zero-order chi connectivity index (χ0) is 21.9. The van der Waals surface area contributed by atoms with Crippen LogP contribution in [0.2, 0.25) is 0 Å². The molecule has 0 aromatic heterocycles. The highest BCUT2D eigenvalue weighted by Gasteiger charge is 2.51. The average molecular weight is 438 g/mol. The van der Waals surface area contributed by atoms with Crippen molar-refractivity contribution in [3.63, 3.8) is 0 Å². The Morgan fingerprint density at radius 3 is 2.31 bits per heavy atom. The highest BCUT2D eigenvalue weighted by Crippen LogP contribution is 2.55. The first-order valence-electron chi connectivity index (χ1n) is 12.7. The van der Waals surface area contributed by atoms with Gasteiger partial charge in [-0.2, -0.15) is 0 Å². The van der Waals surface area contributed by atoms with E-state index in [9.17, 15) is 9.59 Å². The van der Waals surface area contributed by atoms with E-state index < -0.39 is 0 Å². The molecule has 0 N–H and O–H groups in total. The summed E-state index contributed by atoms with van der Waals surface area (Å²) in [6.45, 7) is 1.48. The molecule has 5 aliphatic carbocycles. The third-order valence-electron chi connectivity index (χ3n) is 9.61. The molecule has 1 aromatic rings. The summed E-state index contributed by atoms with van der Waals surface area (Å²) < 4.78 is 11.2. The van der Waals surface area contributed by atoms with E-state index in [1.54, 1.807) is 0 Å². The second-order valence-corrected chi connectivity index (χ2v) is 11.3. The third kappa shape index (κ3) is 3.34. The number of benzene rings is 1. The molecule has 5 nitrogen and oxygen atoms in total. The number of ether oxygens (including phenoxy) is 2. The predicted molar refractivity (Wildman–Crippen MR) is 120 cm³/mol. The van der Waals surface area contributed by atoms with Gasteiger partial charge in [-0.3, -0.25) is 4.79 Å². The average Bonchev–Trinajstić information content (AvgIpc) is 3.09. The monoisotopic (exact) mass is 437 g/mol. The van der Waals surface area contributed by atoms with Gasteiger partial charge < -0.3 is 14.4 Å². The van der Waals surface area contributed by atoms with Crippen LogP contribution in [-0.4, -0.2) is 43.3 Å². The minimum absolute atomic E-state index is 0.0642. The molecule has 0 radical (unpaired) electrons. The Balaban J connectivity index is 1.12. The number of carbonyl (C=O) groups excluding carboxylic acids is 2. The van der Waals surface area contributed by atoms with E-state index in [1.807, 2.05) is 4.90 Å². The molecule has 1 saturated heterocycles. The molecule has 5 heteroatoms. The van der Waals surface area contributed by atoms with Gasteiger partial charge in [-0.05, 0) is 97.5 Å². The summed E-state index contributed by atoms with van der Waals surface area (Å²) in [5.41, 5.74) is 2.74. The van der Waals surface area contributed by atoms with Crippen LogP contribution >= 0.6 is 0 Å². The van der Waals surface area contributed by atoms with Crippen LogP contribution in [0.15, 0.2) is 24.3 Å². The van der Waals surface area contributed by atoms with Gasteiger partial charge in [-0.1, -0.05) is 24.3 Å². The van der Waals surface area contributed by atoms with Gasteiger partial charge in [-0.25, -0.2) is 4.79 Å². The Morgan fingerprint density at radius 1 is 1.00 bits per heavy atom. The second-order valence-electron chi connectivity index (χ2n) is 11.3. The molecule has 1 amide bonds. The summed E-state index contributed by atoms with van der Waals surface area (Å²) in [6.07, 6.45) is 9.86. The quantitative estimate of drug-likeness (QED) is 0.622. The summed E-state index contributed by atoms with van der Waals surface area (Å²) in [6, 6.07) is 8.58. The number of nitrogens with zero attached hydrogens (tertiary/aromatic N) is 1. The fourth-order valence-electron chi connectivity index (χ4n) is 8.34. The summed E-state index contributed by atoms with van der Waals surface area (Å²) in [5.74, 6) is 3.06. The van der Waals surface area contributed by atoms with Crippen LogP contribution in [-0.2, 0) is 19.7 Å². The van der Waals surface area contributed by atoms with Crippen molar-refractivity contribution in [2.45, 2.75) is 75.2 Å². The SMILES string of the molecule is COC(=O)CC1CC2(CCN(C(=O)OC3C4CC5CC(C4)CC3C5)CC2)c2ccccc21. The Labute approximate surface area is 190 Å². The van der Waals surface area contributed by atoms with Gasteiger partial charge in [0.2, 0.25) is 0 Å². The van der Waals surface area contributed by atoms with Crippen LogP contribution in [0, 0.1) is 23.7 Å². The van der Waals surface area contributed by atoms with E-state index in [2.05, 4.69) is 24.3 Å². The maximum Gasteiger partial charge on any atom is 0.410 e. The standard InChI is InChI=1S/C27H35NO4/c1-31-24(29)15-21-16-27(23-5-3-2-4-22(21)23)6-8-28(9-7-27)26(30)32-25-19-11-17-10-18(13-19)14-20(25)12-17/h2-5,17-21,25H,6-16H2,1H3. The van der Waals surface area contributed by atoms with Crippen LogP contribution in [0.25, 0.3) is 0 Å². The fourth-order valence-corrected chi connectivity index (χ4v) is 8.34. The molecular weight excluding hydrogens is 402 g/mol.